The van der Waals surface area contributed by atoms with Gasteiger partial charge < -0.3 is 50.0 Å². The van der Waals surface area contributed by atoms with Crippen LogP contribution in [0.3, 0.4) is 0 Å². The molecule has 3 rings (SSSR count). The van der Waals surface area contributed by atoms with Crippen LogP contribution in [-0.4, -0.2) is 156 Å². The Bertz CT molecular complexity index is 1590. The van der Waals surface area contributed by atoms with Gasteiger partial charge in [-0.05, 0) is 92.4 Å². The molecule has 14 atom stereocenters. The minimum absolute atomic E-state index is 0.0279. The summed E-state index contributed by atoms with van der Waals surface area (Å²) in [6.45, 7) is 13.8. The van der Waals surface area contributed by atoms with Crippen molar-refractivity contribution in [2.75, 3.05) is 33.7 Å². The van der Waals surface area contributed by atoms with E-state index in [1.165, 1.54) is 32.0 Å². The number of hydrogen-bond acceptors (Lipinski definition) is 14. The van der Waals surface area contributed by atoms with Gasteiger partial charge in [0.05, 0.1) is 34.9 Å². The highest BCUT2D eigenvalue weighted by Crippen LogP contribution is 2.37. The summed E-state index contributed by atoms with van der Waals surface area (Å²) in [6.07, 6.45) is -6.69. The molecule has 0 bridgehead atoms. The van der Waals surface area contributed by atoms with Gasteiger partial charge >= 0.3 is 12.0 Å². The van der Waals surface area contributed by atoms with Crippen LogP contribution in [0.4, 0.5) is 4.79 Å². The Hall–Kier alpha value is -2.16. The average Bonchev–Trinajstić information content (AvgIpc) is 3.12. The number of urea groups is 1. The number of carbonyl (C=O) groups is 2. The Balaban J connectivity index is 1.92. The lowest BCUT2D eigenvalue weighted by Gasteiger charge is -2.46. The predicted octanol–water partition coefficient (Wildman–Crippen LogP) is 2.08. The summed E-state index contributed by atoms with van der Waals surface area (Å²) in [5, 5.41) is 61.3. The molecule has 0 radical (unpaired) electrons. The van der Waals surface area contributed by atoms with Gasteiger partial charge in [-0.3, -0.25) is 9.69 Å². The summed E-state index contributed by atoms with van der Waals surface area (Å²) >= 11 is 6.02. The van der Waals surface area contributed by atoms with Crippen molar-refractivity contribution in [1.29, 1.82) is 0 Å². The molecule has 328 valence electrons. The number of amides is 2. The standard InChI is InChI=1S/C39H67ClN4O12S/c1-11-30-39(8,51)33(47)26(6)44(18-14-17-41-37(49)42-57(52,53)29-16-13-12-15-27(29)40)21-22(2)20-38(7,50)34(24(4)31(45)25(5)35(48)55-30)56-36-32(46)28(43(9)10)19-23(3)54-36/h12-13,15-16,22-26,28,30-34,36,45-47,50-51H,11,14,17-21H2,1-10H3,(H2,41,42,49)/t22-,23+,24-,25+,26-,28+,30-,31+,32+,33-,34-,36-,38-,39-/m1/s1. The third-order valence-electron chi connectivity index (χ3n) is 11.6. The fourth-order valence-corrected chi connectivity index (χ4v) is 9.71. The highest BCUT2D eigenvalue weighted by molar-refractivity contribution is 7.90. The van der Waals surface area contributed by atoms with Crippen LogP contribution in [0.25, 0.3) is 0 Å². The van der Waals surface area contributed by atoms with Gasteiger partial charge in [0.15, 0.2) is 6.29 Å². The van der Waals surface area contributed by atoms with Crippen LogP contribution >= 0.6 is 11.6 Å². The highest BCUT2D eigenvalue weighted by Gasteiger charge is 2.50. The zero-order valence-corrected chi connectivity index (χ0v) is 36.5. The van der Waals surface area contributed by atoms with E-state index in [1.54, 1.807) is 33.8 Å². The number of carbonyl (C=O) groups excluding carboxylic acids is 2. The number of aliphatic hydroxyl groups excluding tert-OH is 3. The van der Waals surface area contributed by atoms with Gasteiger partial charge in [0.2, 0.25) is 0 Å². The number of esters is 1. The van der Waals surface area contributed by atoms with E-state index in [4.69, 9.17) is 25.8 Å². The maximum atomic E-state index is 13.6. The fourth-order valence-electron chi connectivity index (χ4n) is 8.26. The number of ether oxygens (including phenoxy) is 3. The third kappa shape index (κ3) is 12.4. The lowest BCUT2D eigenvalue weighted by atomic mass is 9.78. The molecule has 0 saturated carbocycles. The van der Waals surface area contributed by atoms with Crippen molar-refractivity contribution < 1.29 is 57.8 Å². The first-order chi connectivity index (χ1) is 26.3. The van der Waals surface area contributed by atoms with E-state index in [2.05, 4.69) is 5.32 Å². The summed E-state index contributed by atoms with van der Waals surface area (Å²) in [6, 6.07) is 3.67. The molecular formula is C39H67ClN4O12S. The third-order valence-corrected chi connectivity index (χ3v) is 13.4. The second-order valence-corrected chi connectivity index (χ2v) is 18.9. The lowest BCUT2D eigenvalue weighted by Crippen LogP contribution is -2.59. The molecule has 16 nitrogen and oxygen atoms in total. The Kier molecular flexibility index (Phi) is 17.6. The smallest absolute Gasteiger partial charge is 0.328 e. The summed E-state index contributed by atoms with van der Waals surface area (Å²) in [5.41, 5.74) is -3.61. The topological polar surface area (TPSA) is 228 Å². The molecule has 2 amide bonds. The average molecular weight is 852 g/mol. The molecule has 2 aliphatic heterocycles. The van der Waals surface area contributed by atoms with E-state index in [0.29, 0.717) is 6.42 Å². The molecule has 2 fully saturated rings. The molecule has 1 aromatic rings. The minimum Gasteiger partial charge on any atom is -0.459 e. The molecule has 2 saturated heterocycles. The minimum atomic E-state index is -4.25. The van der Waals surface area contributed by atoms with Gasteiger partial charge in [-0.25, -0.2) is 17.9 Å². The quantitative estimate of drug-likeness (QED) is 0.132. The van der Waals surface area contributed by atoms with Crippen LogP contribution in [0.2, 0.25) is 5.02 Å². The zero-order chi connectivity index (χ0) is 43.2. The molecular weight excluding hydrogens is 784 g/mol. The first-order valence-corrected chi connectivity index (χ1v) is 21.7. The van der Waals surface area contributed by atoms with Gasteiger partial charge in [0.1, 0.15) is 28.8 Å². The van der Waals surface area contributed by atoms with E-state index in [0.717, 1.165) is 0 Å². The number of likely N-dealkylation sites (N-methyl/N-ethyl adjacent to an activating group) is 1. The van der Waals surface area contributed by atoms with Crippen LogP contribution in [-0.2, 0) is 29.0 Å². The second kappa shape index (κ2) is 20.4. The Labute approximate surface area is 343 Å². The molecule has 0 unspecified atom stereocenters. The number of aliphatic hydroxyl groups is 5. The largest absolute Gasteiger partial charge is 0.459 e. The number of benzene rings is 1. The van der Waals surface area contributed by atoms with Gasteiger partial charge in [-0.2, -0.15) is 0 Å². The SMILES string of the molecule is CC[C@H]1OC(=O)[C@@H](C)[C@@H](O)[C@@H](C)[C@@H](O[C@H]2O[C@@H](C)C[C@H](N(C)C)[C@@H]2O)[C@](C)(O)C[C@@H](C)CN(CCCNC(=O)NS(=O)(=O)c2ccccc2Cl)[C@H](C)[C@@H](O)[C@]1(C)O. The van der Waals surface area contributed by atoms with Gasteiger partial charge in [0, 0.05) is 37.6 Å². The molecule has 18 heteroatoms. The summed E-state index contributed by atoms with van der Waals surface area (Å²) in [5.74, 6) is -3.18. The normalized spacial score (nSPS) is 38.2. The van der Waals surface area contributed by atoms with Crippen molar-refractivity contribution in [2.24, 2.45) is 17.8 Å². The number of rotatable bonds is 10. The maximum absolute atomic E-state index is 13.6. The van der Waals surface area contributed by atoms with E-state index in [9.17, 15) is 43.5 Å². The molecule has 0 aliphatic carbocycles. The molecule has 2 aliphatic rings. The van der Waals surface area contributed by atoms with Crippen LogP contribution in [0, 0.1) is 17.8 Å². The van der Waals surface area contributed by atoms with E-state index in [1.807, 2.05) is 42.5 Å². The maximum Gasteiger partial charge on any atom is 0.328 e. The summed E-state index contributed by atoms with van der Waals surface area (Å²) in [4.78, 5) is 29.8. The highest BCUT2D eigenvalue weighted by atomic mass is 35.5. The van der Waals surface area contributed by atoms with Crippen molar-refractivity contribution in [2.45, 2.75) is 152 Å². The van der Waals surface area contributed by atoms with Crippen molar-refractivity contribution >= 4 is 33.6 Å². The summed E-state index contributed by atoms with van der Waals surface area (Å²) in [7, 11) is -0.570. The monoisotopic (exact) mass is 850 g/mol. The van der Waals surface area contributed by atoms with Gasteiger partial charge in [-0.15, -0.1) is 0 Å². The number of nitrogens with zero attached hydrogens (tertiary/aromatic N) is 2. The molecule has 1 aromatic carbocycles. The van der Waals surface area contributed by atoms with E-state index >= 15 is 0 Å². The first kappa shape index (κ1) is 49.2. The van der Waals surface area contributed by atoms with Gasteiger partial charge in [-0.1, -0.05) is 44.5 Å². The van der Waals surface area contributed by atoms with Crippen molar-refractivity contribution in [3.8, 4) is 0 Å². The van der Waals surface area contributed by atoms with Crippen LogP contribution in [0.1, 0.15) is 81.1 Å². The van der Waals surface area contributed by atoms with Crippen molar-refractivity contribution in [1.82, 2.24) is 19.8 Å². The first-order valence-electron chi connectivity index (χ1n) is 19.8. The number of hydrogen-bond donors (Lipinski definition) is 7. The molecule has 7 N–H and O–H groups in total. The fraction of sp³-hybridized carbons (Fsp3) is 0.795. The molecule has 2 heterocycles. The lowest BCUT2D eigenvalue weighted by molar-refractivity contribution is -0.299. The van der Waals surface area contributed by atoms with Crippen LogP contribution < -0.4 is 10.0 Å². The van der Waals surface area contributed by atoms with Crippen LogP contribution in [0.5, 0.6) is 0 Å². The number of cyclic esters (lactones) is 1. The molecule has 0 spiro atoms. The van der Waals surface area contributed by atoms with Crippen LogP contribution in [0.15, 0.2) is 29.2 Å². The number of sulfonamides is 1. The number of nitrogens with one attached hydrogen (secondary N) is 2. The second-order valence-electron chi connectivity index (χ2n) is 16.8. The Morgan fingerprint density at radius 1 is 1.07 bits per heavy atom. The molecule has 57 heavy (non-hydrogen) atoms. The van der Waals surface area contributed by atoms with E-state index < -0.39 is 87.9 Å². The molecule has 0 aromatic heterocycles. The predicted molar refractivity (Wildman–Crippen MR) is 214 cm³/mol. The zero-order valence-electron chi connectivity index (χ0n) is 35.0. The Morgan fingerprint density at radius 3 is 2.30 bits per heavy atom. The van der Waals surface area contributed by atoms with Gasteiger partial charge in [0.25, 0.3) is 10.0 Å². The van der Waals surface area contributed by atoms with Crippen molar-refractivity contribution in [3.63, 3.8) is 0 Å². The summed E-state index contributed by atoms with van der Waals surface area (Å²) < 4.78 is 45.8. The Morgan fingerprint density at radius 2 is 1.70 bits per heavy atom. The van der Waals surface area contributed by atoms with E-state index in [-0.39, 0.29) is 66.9 Å². The van der Waals surface area contributed by atoms with Crippen molar-refractivity contribution in [3.05, 3.63) is 29.3 Å². The number of halogens is 1.